The van der Waals surface area contributed by atoms with Gasteiger partial charge in [0.15, 0.2) is 0 Å². The van der Waals surface area contributed by atoms with Crippen LogP contribution in [0.2, 0.25) is 0 Å². The van der Waals surface area contributed by atoms with Crippen molar-refractivity contribution in [3.05, 3.63) is 54.7 Å². The molecule has 0 radical (unpaired) electrons. The minimum absolute atomic E-state index is 0.163. The molecule has 2 heterocycles. The number of likely N-dealkylation sites (N-methyl/N-ethyl adjacent to an activating group) is 1. The third kappa shape index (κ3) is 6.13. The van der Waals surface area contributed by atoms with Crippen LogP contribution in [-0.4, -0.2) is 63.2 Å². The highest BCUT2D eigenvalue weighted by atomic mass is 16.5. The molecule has 9 nitrogen and oxygen atoms in total. The summed E-state index contributed by atoms with van der Waals surface area (Å²) in [5, 5.41) is 9.50. The number of aromatic nitrogens is 1. The van der Waals surface area contributed by atoms with Gasteiger partial charge in [0.25, 0.3) is 0 Å². The van der Waals surface area contributed by atoms with Crippen LogP contribution in [0.5, 0.6) is 11.5 Å². The maximum absolute atomic E-state index is 11.5. The molecular formula is C26H32N6O3. The topological polar surface area (TPSA) is 91.0 Å². The Morgan fingerprint density at radius 1 is 0.857 bits per heavy atom. The Morgan fingerprint density at radius 3 is 2.31 bits per heavy atom. The Kier molecular flexibility index (Phi) is 7.57. The molecular weight excluding hydrogens is 444 g/mol. The first-order chi connectivity index (χ1) is 16.9. The van der Waals surface area contributed by atoms with Crippen LogP contribution in [0.25, 0.3) is 0 Å². The number of anilines is 6. The van der Waals surface area contributed by atoms with Crippen LogP contribution < -0.4 is 30.3 Å². The van der Waals surface area contributed by atoms with E-state index in [-0.39, 0.29) is 5.91 Å². The fraction of sp³-hybridized carbons (Fsp3) is 0.308. The number of rotatable bonds is 8. The van der Waals surface area contributed by atoms with Crippen LogP contribution in [0.1, 0.15) is 6.92 Å². The van der Waals surface area contributed by atoms with E-state index in [4.69, 9.17) is 9.47 Å². The van der Waals surface area contributed by atoms with Crippen molar-refractivity contribution in [3.63, 3.8) is 0 Å². The second-order valence-corrected chi connectivity index (χ2v) is 8.45. The number of hydrogen-bond acceptors (Lipinski definition) is 8. The van der Waals surface area contributed by atoms with Crippen molar-refractivity contribution in [1.29, 1.82) is 0 Å². The van der Waals surface area contributed by atoms with Crippen LogP contribution in [0.3, 0.4) is 0 Å². The average Bonchev–Trinajstić information content (AvgIpc) is 2.85. The number of ether oxygens (including phenoxy) is 2. The van der Waals surface area contributed by atoms with Crippen LogP contribution in [-0.2, 0) is 4.79 Å². The zero-order valence-corrected chi connectivity index (χ0v) is 20.6. The molecule has 0 unspecified atom stereocenters. The van der Waals surface area contributed by atoms with Crippen LogP contribution in [0, 0.1) is 0 Å². The predicted octanol–water partition coefficient (Wildman–Crippen LogP) is 4.30. The fourth-order valence-electron chi connectivity index (χ4n) is 4.00. The summed E-state index contributed by atoms with van der Waals surface area (Å²) in [5.74, 6) is 1.87. The van der Waals surface area contributed by atoms with Gasteiger partial charge in [-0.2, -0.15) is 0 Å². The van der Waals surface area contributed by atoms with Gasteiger partial charge in [-0.3, -0.25) is 4.79 Å². The predicted molar refractivity (Wildman–Crippen MR) is 141 cm³/mol. The van der Waals surface area contributed by atoms with E-state index < -0.39 is 0 Å². The molecule has 0 bridgehead atoms. The number of amides is 1. The normalized spacial score (nSPS) is 13.8. The zero-order valence-electron chi connectivity index (χ0n) is 20.6. The first-order valence-electron chi connectivity index (χ1n) is 11.5. The summed E-state index contributed by atoms with van der Waals surface area (Å²) in [7, 11) is 5.40. The molecule has 9 heteroatoms. The molecule has 3 aromatic rings. The zero-order chi connectivity index (χ0) is 24.8. The minimum atomic E-state index is -0.163. The molecule has 3 N–H and O–H groups in total. The van der Waals surface area contributed by atoms with Crippen molar-refractivity contribution in [2.24, 2.45) is 0 Å². The van der Waals surface area contributed by atoms with Crippen molar-refractivity contribution in [3.8, 4) is 11.5 Å². The third-order valence-corrected chi connectivity index (χ3v) is 5.88. The van der Waals surface area contributed by atoms with Gasteiger partial charge in [-0.15, -0.1) is 0 Å². The van der Waals surface area contributed by atoms with Crippen molar-refractivity contribution in [1.82, 2.24) is 9.88 Å². The van der Waals surface area contributed by atoms with Gasteiger partial charge in [-0.1, -0.05) is 0 Å². The molecule has 35 heavy (non-hydrogen) atoms. The third-order valence-electron chi connectivity index (χ3n) is 5.88. The second kappa shape index (κ2) is 11.0. The lowest BCUT2D eigenvalue weighted by Gasteiger charge is -2.34. The first kappa shape index (κ1) is 24.2. The molecule has 1 saturated heterocycles. The molecule has 0 saturated carbocycles. The lowest BCUT2D eigenvalue weighted by molar-refractivity contribution is -0.114. The number of nitrogens with zero attached hydrogens (tertiary/aromatic N) is 3. The van der Waals surface area contributed by atoms with E-state index in [2.05, 4.69) is 49.9 Å². The van der Waals surface area contributed by atoms with Crippen molar-refractivity contribution < 1.29 is 14.3 Å². The van der Waals surface area contributed by atoms with Gasteiger partial charge >= 0.3 is 0 Å². The fourth-order valence-corrected chi connectivity index (χ4v) is 4.00. The quantitative estimate of drug-likeness (QED) is 0.443. The molecule has 4 rings (SSSR count). The van der Waals surface area contributed by atoms with Gasteiger partial charge in [-0.05, 0) is 43.4 Å². The summed E-state index contributed by atoms with van der Waals surface area (Å²) >= 11 is 0. The number of nitrogens with one attached hydrogen (secondary N) is 3. The molecule has 184 valence electrons. The maximum Gasteiger partial charge on any atom is 0.221 e. The largest absolute Gasteiger partial charge is 0.495 e. The summed E-state index contributed by atoms with van der Waals surface area (Å²) in [6.07, 6.45) is 1.73. The molecule has 1 aliphatic heterocycles. The summed E-state index contributed by atoms with van der Waals surface area (Å²) in [6.45, 7) is 5.55. The highest BCUT2D eigenvalue weighted by Gasteiger charge is 2.16. The Balaban J connectivity index is 1.49. The molecule has 2 aromatic carbocycles. The number of hydrogen-bond donors (Lipinski definition) is 3. The lowest BCUT2D eigenvalue weighted by atomic mass is 10.2. The van der Waals surface area contributed by atoms with Gasteiger partial charge in [0.1, 0.15) is 17.3 Å². The smallest absolute Gasteiger partial charge is 0.221 e. The maximum atomic E-state index is 11.5. The van der Waals surface area contributed by atoms with Gasteiger partial charge in [0.2, 0.25) is 5.91 Å². The van der Waals surface area contributed by atoms with Gasteiger partial charge in [0.05, 0.1) is 25.6 Å². The molecule has 0 aliphatic carbocycles. The number of pyridine rings is 1. The number of piperazine rings is 1. The molecule has 0 spiro atoms. The van der Waals surface area contributed by atoms with Crippen molar-refractivity contribution >= 4 is 40.2 Å². The van der Waals surface area contributed by atoms with E-state index in [0.717, 1.165) is 54.7 Å². The standard InChI is InChI=1S/C26H32N6O3/c1-18(33)28-23-15-19(5-8-24(23)34-3)29-20-9-10-27-26(16-20)30-22-7-6-21(17-25(22)35-4)32-13-11-31(2)12-14-32/h5-10,15-17H,11-14H2,1-4H3,(H,28,33)(H2,27,29,30). The number of carbonyl (C=O) groups excluding carboxylic acids is 1. The highest BCUT2D eigenvalue weighted by Crippen LogP contribution is 2.33. The van der Waals surface area contributed by atoms with E-state index in [9.17, 15) is 4.79 Å². The number of carbonyl (C=O) groups is 1. The van der Waals surface area contributed by atoms with E-state index in [1.54, 1.807) is 26.5 Å². The van der Waals surface area contributed by atoms with Crippen molar-refractivity contribution in [2.45, 2.75) is 6.92 Å². The summed E-state index contributed by atoms with van der Waals surface area (Å²) in [6, 6.07) is 15.5. The van der Waals surface area contributed by atoms with E-state index in [1.165, 1.54) is 6.92 Å². The van der Waals surface area contributed by atoms with Gasteiger partial charge < -0.3 is 35.2 Å². The first-order valence-corrected chi connectivity index (χ1v) is 11.5. The SMILES string of the molecule is COc1ccc(Nc2ccnc(Nc3ccc(N4CCN(C)CC4)cc3OC)c2)cc1NC(C)=O. The molecule has 1 amide bonds. The summed E-state index contributed by atoms with van der Waals surface area (Å²) in [4.78, 5) is 20.7. The van der Waals surface area contributed by atoms with E-state index >= 15 is 0 Å². The Labute approximate surface area is 206 Å². The molecule has 0 atom stereocenters. The van der Waals surface area contributed by atoms with Crippen LogP contribution in [0.15, 0.2) is 54.7 Å². The number of methoxy groups -OCH3 is 2. The van der Waals surface area contributed by atoms with Crippen molar-refractivity contribution in [2.75, 3.05) is 68.3 Å². The Bertz CT molecular complexity index is 1180. The highest BCUT2D eigenvalue weighted by molar-refractivity contribution is 5.91. The minimum Gasteiger partial charge on any atom is -0.495 e. The molecule has 1 aliphatic rings. The average molecular weight is 477 g/mol. The Hall–Kier alpha value is -3.98. The van der Waals surface area contributed by atoms with E-state index in [1.807, 2.05) is 30.3 Å². The summed E-state index contributed by atoms with van der Waals surface area (Å²) in [5.41, 5.74) is 4.24. The Morgan fingerprint density at radius 2 is 1.60 bits per heavy atom. The van der Waals surface area contributed by atoms with E-state index in [0.29, 0.717) is 17.3 Å². The molecule has 1 fully saturated rings. The lowest BCUT2D eigenvalue weighted by Crippen LogP contribution is -2.44. The molecule has 1 aromatic heterocycles. The monoisotopic (exact) mass is 476 g/mol. The second-order valence-electron chi connectivity index (χ2n) is 8.45. The van der Waals surface area contributed by atoms with Crippen LogP contribution >= 0.6 is 0 Å². The summed E-state index contributed by atoms with van der Waals surface area (Å²) < 4.78 is 11.0. The van der Waals surface area contributed by atoms with Gasteiger partial charge in [0, 0.05) is 68.5 Å². The number of benzene rings is 2. The van der Waals surface area contributed by atoms with Crippen LogP contribution in [0.4, 0.5) is 34.3 Å². The van der Waals surface area contributed by atoms with Gasteiger partial charge in [-0.25, -0.2) is 4.98 Å².